The van der Waals surface area contributed by atoms with Crippen LogP contribution in [-0.4, -0.2) is 39.5 Å². The van der Waals surface area contributed by atoms with Crippen LogP contribution in [0.2, 0.25) is 5.02 Å². The minimum absolute atomic E-state index is 0.0227. The number of rotatable bonds is 6. The lowest BCUT2D eigenvalue weighted by atomic mass is 10.2. The minimum Gasteiger partial charge on any atom is -0.398 e. The summed E-state index contributed by atoms with van der Waals surface area (Å²) in [6.07, 6.45) is 0. The first-order chi connectivity index (χ1) is 9.15. The molecule has 1 rings (SSSR count). The van der Waals surface area contributed by atoms with Crippen LogP contribution in [0.3, 0.4) is 0 Å². The summed E-state index contributed by atoms with van der Waals surface area (Å²) in [5.41, 5.74) is 6.91. The van der Waals surface area contributed by atoms with Gasteiger partial charge in [-0.25, -0.2) is 13.1 Å². The zero-order valence-corrected chi connectivity index (χ0v) is 13.8. The molecule has 0 aromatic heterocycles. The van der Waals surface area contributed by atoms with E-state index in [0.717, 1.165) is 5.56 Å². The van der Waals surface area contributed by atoms with Gasteiger partial charge in [0.1, 0.15) is 4.90 Å². The summed E-state index contributed by atoms with van der Waals surface area (Å²) >= 11 is 5.99. The molecule has 0 unspecified atom stereocenters. The molecule has 1 aromatic carbocycles. The lowest BCUT2D eigenvalue weighted by molar-refractivity contribution is 0.278. The zero-order chi connectivity index (χ0) is 15.5. The zero-order valence-electron chi connectivity index (χ0n) is 12.3. The van der Waals surface area contributed by atoms with E-state index in [9.17, 15) is 8.42 Å². The quantitative estimate of drug-likeness (QED) is 0.785. The molecule has 7 heteroatoms. The van der Waals surface area contributed by atoms with E-state index in [0.29, 0.717) is 24.8 Å². The van der Waals surface area contributed by atoms with E-state index >= 15 is 0 Å². The molecule has 0 saturated heterocycles. The van der Waals surface area contributed by atoms with Gasteiger partial charge in [0.15, 0.2) is 0 Å². The van der Waals surface area contributed by atoms with Gasteiger partial charge in [-0.15, -0.1) is 0 Å². The molecule has 0 heterocycles. The molecule has 0 saturated carbocycles. The van der Waals surface area contributed by atoms with Gasteiger partial charge in [-0.2, -0.15) is 0 Å². The monoisotopic (exact) mass is 319 g/mol. The van der Waals surface area contributed by atoms with Crippen LogP contribution in [0.15, 0.2) is 17.0 Å². The molecule has 0 bridgehead atoms. The van der Waals surface area contributed by atoms with Crippen LogP contribution in [0.1, 0.15) is 19.4 Å². The predicted octanol–water partition coefficient (Wildman–Crippen LogP) is 1.85. The van der Waals surface area contributed by atoms with Crippen molar-refractivity contribution in [3.63, 3.8) is 0 Å². The van der Waals surface area contributed by atoms with Crippen molar-refractivity contribution in [1.82, 2.24) is 9.62 Å². The number of nitrogens with zero attached hydrogens (tertiary/aromatic N) is 1. The molecule has 3 N–H and O–H groups in total. The average molecular weight is 320 g/mol. The van der Waals surface area contributed by atoms with Crippen molar-refractivity contribution in [2.45, 2.75) is 31.7 Å². The van der Waals surface area contributed by atoms with E-state index in [1.807, 2.05) is 25.8 Å². The molecule has 0 aliphatic heterocycles. The number of likely N-dealkylation sites (N-methyl/N-ethyl adjacent to an activating group) is 1. The average Bonchev–Trinajstić information content (AvgIpc) is 2.33. The maximum atomic E-state index is 12.2. The van der Waals surface area contributed by atoms with Gasteiger partial charge in [-0.05, 0) is 45.5 Å². The Labute approximate surface area is 126 Å². The summed E-state index contributed by atoms with van der Waals surface area (Å²) < 4.78 is 26.9. The van der Waals surface area contributed by atoms with Gasteiger partial charge >= 0.3 is 0 Å². The Morgan fingerprint density at radius 1 is 1.40 bits per heavy atom. The van der Waals surface area contributed by atoms with Crippen molar-refractivity contribution in [3.8, 4) is 0 Å². The summed E-state index contributed by atoms with van der Waals surface area (Å²) in [6.45, 7) is 6.82. The fourth-order valence-electron chi connectivity index (χ4n) is 1.57. The van der Waals surface area contributed by atoms with Gasteiger partial charge in [0.05, 0.1) is 5.02 Å². The first-order valence-electron chi connectivity index (χ1n) is 6.40. The van der Waals surface area contributed by atoms with Crippen LogP contribution in [0.4, 0.5) is 5.69 Å². The number of sulfonamides is 1. The topological polar surface area (TPSA) is 75.4 Å². The number of hydrogen-bond acceptors (Lipinski definition) is 4. The maximum absolute atomic E-state index is 12.2. The molecule has 0 spiro atoms. The van der Waals surface area contributed by atoms with Crippen molar-refractivity contribution in [2.75, 3.05) is 25.9 Å². The second kappa shape index (κ2) is 6.76. The van der Waals surface area contributed by atoms with Crippen LogP contribution < -0.4 is 10.5 Å². The number of anilines is 1. The Balaban J connectivity index is 2.82. The molecule has 0 aliphatic carbocycles. The fourth-order valence-corrected chi connectivity index (χ4v) is 3.20. The van der Waals surface area contributed by atoms with Crippen LogP contribution in [-0.2, 0) is 10.0 Å². The molecular formula is C13H22ClN3O2S. The van der Waals surface area contributed by atoms with E-state index in [1.54, 1.807) is 13.0 Å². The van der Waals surface area contributed by atoms with Gasteiger partial charge < -0.3 is 10.6 Å². The minimum atomic E-state index is -3.64. The molecular weight excluding hydrogens is 298 g/mol. The smallest absolute Gasteiger partial charge is 0.242 e. The molecule has 114 valence electrons. The first kappa shape index (κ1) is 17.2. The van der Waals surface area contributed by atoms with E-state index in [4.69, 9.17) is 17.3 Å². The number of nitrogen functional groups attached to an aromatic ring is 1. The van der Waals surface area contributed by atoms with E-state index in [1.165, 1.54) is 6.07 Å². The summed E-state index contributed by atoms with van der Waals surface area (Å²) in [7, 11) is -1.70. The normalized spacial score (nSPS) is 12.3. The number of nitrogens with one attached hydrogen (secondary N) is 1. The van der Waals surface area contributed by atoms with E-state index in [2.05, 4.69) is 4.72 Å². The van der Waals surface area contributed by atoms with Crippen molar-refractivity contribution in [3.05, 3.63) is 22.7 Å². The Morgan fingerprint density at radius 3 is 2.55 bits per heavy atom. The number of benzene rings is 1. The lowest BCUT2D eigenvalue weighted by Crippen LogP contribution is -2.36. The highest BCUT2D eigenvalue weighted by molar-refractivity contribution is 7.89. The van der Waals surface area contributed by atoms with Gasteiger partial charge in [0.2, 0.25) is 10.0 Å². The molecule has 0 fully saturated rings. The highest BCUT2D eigenvalue weighted by Gasteiger charge is 2.19. The van der Waals surface area contributed by atoms with Crippen LogP contribution in [0.5, 0.6) is 0 Å². The highest BCUT2D eigenvalue weighted by atomic mass is 35.5. The third-order valence-corrected chi connectivity index (χ3v) is 5.17. The second-order valence-electron chi connectivity index (χ2n) is 5.11. The Hall–Kier alpha value is -0.820. The number of nitrogens with two attached hydrogens (primary N) is 1. The van der Waals surface area contributed by atoms with E-state index < -0.39 is 10.0 Å². The molecule has 20 heavy (non-hydrogen) atoms. The Kier molecular flexibility index (Phi) is 5.82. The summed E-state index contributed by atoms with van der Waals surface area (Å²) in [6, 6.07) is 3.32. The summed E-state index contributed by atoms with van der Waals surface area (Å²) in [4.78, 5) is 2.07. The Morgan fingerprint density at radius 2 is 2.00 bits per heavy atom. The van der Waals surface area contributed by atoms with Crippen molar-refractivity contribution < 1.29 is 8.42 Å². The SMILES string of the molecule is Cc1cc(Cl)c(S(=O)(=O)NCCN(C)C(C)C)cc1N. The van der Waals surface area contributed by atoms with Crippen LogP contribution in [0, 0.1) is 6.92 Å². The fraction of sp³-hybridized carbons (Fsp3) is 0.538. The molecule has 0 atom stereocenters. The van der Waals surface area contributed by atoms with Crippen molar-refractivity contribution >= 4 is 27.3 Å². The third kappa shape index (κ3) is 4.34. The number of aryl methyl sites for hydroxylation is 1. The van der Waals surface area contributed by atoms with Crippen molar-refractivity contribution in [1.29, 1.82) is 0 Å². The first-order valence-corrected chi connectivity index (χ1v) is 8.26. The molecule has 0 aliphatic rings. The highest BCUT2D eigenvalue weighted by Crippen LogP contribution is 2.26. The summed E-state index contributed by atoms with van der Waals surface area (Å²) in [5.74, 6) is 0. The standard InChI is InChI=1S/C13H22ClN3O2S/c1-9(2)17(4)6-5-16-20(18,19)13-8-12(15)10(3)7-11(13)14/h7-9,16H,5-6,15H2,1-4H3. The van der Waals surface area contributed by atoms with Gasteiger partial charge in [0.25, 0.3) is 0 Å². The lowest BCUT2D eigenvalue weighted by Gasteiger charge is -2.21. The number of hydrogen-bond donors (Lipinski definition) is 2. The van der Waals surface area contributed by atoms with Gasteiger partial charge in [-0.1, -0.05) is 11.6 Å². The molecule has 5 nitrogen and oxygen atoms in total. The van der Waals surface area contributed by atoms with Crippen LogP contribution in [0.25, 0.3) is 0 Å². The molecule has 0 amide bonds. The third-order valence-electron chi connectivity index (χ3n) is 3.25. The molecule has 0 radical (unpaired) electrons. The molecule has 1 aromatic rings. The Bertz CT molecular complexity index is 573. The largest absolute Gasteiger partial charge is 0.398 e. The van der Waals surface area contributed by atoms with Gasteiger partial charge in [0, 0.05) is 24.8 Å². The number of halogens is 1. The maximum Gasteiger partial charge on any atom is 0.242 e. The predicted molar refractivity (Wildman–Crippen MR) is 83.6 cm³/mol. The van der Waals surface area contributed by atoms with Gasteiger partial charge in [-0.3, -0.25) is 0 Å². The second-order valence-corrected chi connectivity index (χ2v) is 7.25. The van der Waals surface area contributed by atoms with E-state index in [-0.39, 0.29) is 9.92 Å². The van der Waals surface area contributed by atoms with Crippen molar-refractivity contribution in [2.24, 2.45) is 0 Å². The van der Waals surface area contributed by atoms with Crippen LogP contribution >= 0.6 is 11.6 Å². The summed E-state index contributed by atoms with van der Waals surface area (Å²) in [5, 5.41) is 0.182.